The largest absolute Gasteiger partial charge is 0.316 e. The molecule has 0 bridgehead atoms. The normalized spacial score (nSPS) is 37.4. The molecule has 3 atom stereocenters. The highest BCUT2D eigenvalue weighted by atomic mass is 16.2. The molecular formula is C14H24N2O2. The van der Waals surface area contributed by atoms with Crippen molar-refractivity contribution < 1.29 is 9.59 Å². The van der Waals surface area contributed by atoms with E-state index in [-0.39, 0.29) is 29.1 Å². The van der Waals surface area contributed by atoms with E-state index in [2.05, 4.69) is 12.2 Å². The maximum absolute atomic E-state index is 12.1. The third kappa shape index (κ3) is 2.18. The fourth-order valence-corrected chi connectivity index (χ4v) is 3.10. The van der Waals surface area contributed by atoms with Crippen LogP contribution in [0.4, 0.5) is 0 Å². The number of nitrogens with zero attached hydrogens (tertiary/aromatic N) is 1. The summed E-state index contributed by atoms with van der Waals surface area (Å²) in [6, 6.07) is 0. The molecule has 2 fully saturated rings. The van der Waals surface area contributed by atoms with Gasteiger partial charge in [-0.15, -0.1) is 0 Å². The minimum absolute atomic E-state index is 0.0194. The number of piperidine rings is 1. The number of carbonyl (C=O) groups is 2. The average molecular weight is 252 g/mol. The molecule has 18 heavy (non-hydrogen) atoms. The molecule has 0 aromatic rings. The van der Waals surface area contributed by atoms with Crippen LogP contribution in [-0.4, -0.2) is 36.3 Å². The third-order valence-corrected chi connectivity index (χ3v) is 4.87. The van der Waals surface area contributed by atoms with Crippen molar-refractivity contribution in [3.8, 4) is 0 Å². The van der Waals surface area contributed by atoms with Crippen LogP contribution in [0.3, 0.4) is 0 Å². The van der Waals surface area contributed by atoms with Crippen LogP contribution in [0.5, 0.6) is 0 Å². The van der Waals surface area contributed by atoms with Gasteiger partial charge in [-0.05, 0) is 25.8 Å². The zero-order chi connectivity index (χ0) is 13.3. The van der Waals surface area contributed by atoms with Gasteiger partial charge >= 0.3 is 0 Å². The van der Waals surface area contributed by atoms with E-state index in [0.717, 1.165) is 32.4 Å². The molecule has 0 radical (unpaired) electrons. The summed E-state index contributed by atoms with van der Waals surface area (Å²) in [7, 11) is 0. The van der Waals surface area contributed by atoms with Crippen molar-refractivity contribution in [3.63, 3.8) is 0 Å². The van der Waals surface area contributed by atoms with Crippen LogP contribution in [0.15, 0.2) is 0 Å². The van der Waals surface area contributed by atoms with E-state index >= 15 is 0 Å². The minimum atomic E-state index is -0.150. The SMILES string of the molecule is CCC1(CN2C(=O)C(C)C(C)C2=O)CCCNC1. The van der Waals surface area contributed by atoms with Crippen LogP contribution in [0.25, 0.3) is 0 Å². The standard InChI is InChI=1S/C14H24N2O2/c1-4-14(6-5-7-15-8-14)9-16-12(17)10(2)11(3)13(16)18/h10-11,15H,4-9H2,1-3H3. The number of nitrogens with one attached hydrogen (secondary N) is 1. The highest BCUT2D eigenvalue weighted by molar-refractivity contribution is 6.04. The molecule has 102 valence electrons. The lowest BCUT2D eigenvalue weighted by Gasteiger charge is -2.39. The maximum Gasteiger partial charge on any atom is 0.232 e. The summed E-state index contributed by atoms with van der Waals surface area (Å²) in [5.74, 6) is -0.261. The number of rotatable bonds is 3. The molecule has 0 aromatic heterocycles. The van der Waals surface area contributed by atoms with Crippen molar-refractivity contribution in [2.75, 3.05) is 19.6 Å². The van der Waals surface area contributed by atoms with Crippen LogP contribution in [0.2, 0.25) is 0 Å². The Kier molecular flexibility index (Phi) is 3.76. The van der Waals surface area contributed by atoms with Crippen LogP contribution >= 0.6 is 0 Å². The molecule has 0 aliphatic carbocycles. The Morgan fingerprint density at radius 1 is 1.28 bits per heavy atom. The molecule has 4 heteroatoms. The van der Waals surface area contributed by atoms with Crippen LogP contribution in [0, 0.1) is 17.3 Å². The Morgan fingerprint density at radius 3 is 2.33 bits per heavy atom. The van der Waals surface area contributed by atoms with Crippen molar-refractivity contribution >= 4 is 11.8 Å². The van der Waals surface area contributed by atoms with Crippen LogP contribution in [0.1, 0.15) is 40.0 Å². The maximum atomic E-state index is 12.1. The second kappa shape index (κ2) is 5.00. The Bertz CT molecular complexity index is 328. The lowest BCUT2D eigenvalue weighted by atomic mass is 9.78. The first-order valence-corrected chi connectivity index (χ1v) is 7.07. The monoisotopic (exact) mass is 252 g/mol. The second-order valence-corrected chi connectivity index (χ2v) is 5.97. The van der Waals surface area contributed by atoms with E-state index in [0.29, 0.717) is 6.54 Å². The molecule has 0 spiro atoms. The molecule has 2 aliphatic rings. The van der Waals surface area contributed by atoms with E-state index < -0.39 is 0 Å². The van der Waals surface area contributed by atoms with Gasteiger partial charge in [0.15, 0.2) is 0 Å². The molecule has 4 nitrogen and oxygen atoms in total. The number of amides is 2. The Morgan fingerprint density at radius 2 is 1.89 bits per heavy atom. The lowest BCUT2D eigenvalue weighted by Crippen LogP contribution is -2.49. The molecule has 2 aliphatic heterocycles. The molecule has 2 heterocycles. The zero-order valence-corrected chi connectivity index (χ0v) is 11.7. The second-order valence-electron chi connectivity index (χ2n) is 5.97. The van der Waals surface area contributed by atoms with E-state index in [1.165, 1.54) is 4.90 Å². The van der Waals surface area contributed by atoms with Gasteiger partial charge in [0, 0.05) is 30.3 Å². The van der Waals surface area contributed by atoms with Crippen LogP contribution in [-0.2, 0) is 9.59 Å². The van der Waals surface area contributed by atoms with Gasteiger partial charge in [-0.3, -0.25) is 14.5 Å². The van der Waals surface area contributed by atoms with Gasteiger partial charge in [-0.2, -0.15) is 0 Å². The number of hydrogen-bond acceptors (Lipinski definition) is 3. The molecule has 0 saturated carbocycles. The average Bonchev–Trinajstić information content (AvgIpc) is 2.58. The van der Waals surface area contributed by atoms with E-state index in [1.807, 2.05) is 13.8 Å². The highest BCUT2D eigenvalue weighted by Crippen LogP contribution is 2.35. The predicted molar refractivity (Wildman–Crippen MR) is 69.9 cm³/mol. The fraction of sp³-hybridized carbons (Fsp3) is 0.857. The van der Waals surface area contributed by atoms with Gasteiger partial charge < -0.3 is 5.32 Å². The van der Waals surface area contributed by atoms with Gasteiger partial charge in [-0.1, -0.05) is 20.8 Å². The van der Waals surface area contributed by atoms with Gasteiger partial charge in [0.05, 0.1) is 0 Å². The third-order valence-electron chi connectivity index (χ3n) is 4.87. The van der Waals surface area contributed by atoms with Crippen molar-refractivity contribution in [2.24, 2.45) is 17.3 Å². The summed E-state index contributed by atoms with van der Waals surface area (Å²) in [6.07, 6.45) is 3.26. The Balaban J connectivity index is 2.12. The Labute approximate surface area is 109 Å². The van der Waals surface area contributed by atoms with Gasteiger partial charge in [-0.25, -0.2) is 0 Å². The van der Waals surface area contributed by atoms with E-state index in [1.54, 1.807) is 0 Å². The summed E-state index contributed by atoms with van der Waals surface area (Å²) >= 11 is 0. The fourth-order valence-electron chi connectivity index (χ4n) is 3.10. The number of carbonyl (C=O) groups excluding carboxylic acids is 2. The molecule has 2 saturated heterocycles. The van der Waals surface area contributed by atoms with Gasteiger partial charge in [0.2, 0.25) is 11.8 Å². The summed E-state index contributed by atoms with van der Waals surface area (Å²) in [4.78, 5) is 25.8. The predicted octanol–water partition coefficient (Wildman–Crippen LogP) is 1.41. The molecule has 2 rings (SSSR count). The number of likely N-dealkylation sites (tertiary alicyclic amines) is 1. The number of hydrogen-bond donors (Lipinski definition) is 1. The lowest BCUT2D eigenvalue weighted by molar-refractivity contribution is -0.142. The number of imide groups is 1. The topological polar surface area (TPSA) is 49.4 Å². The first kappa shape index (κ1) is 13.5. The summed E-state index contributed by atoms with van der Waals surface area (Å²) in [6.45, 7) is 8.46. The summed E-state index contributed by atoms with van der Waals surface area (Å²) in [5.41, 5.74) is 0.0906. The minimum Gasteiger partial charge on any atom is -0.316 e. The van der Waals surface area contributed by atoms with Crippen molar-refractivity contribution in [1.82, 2.24) is 10.2 Å². The zero-order valence-electron chi connectivity index (χ0n) is 11.7. The first-order valence-electron chi connectivity index (χ1n) is 7.07. The molecular weight excluding hydrogens is 228 g/mol. The van der Waals surface area contributed by atoms with Crippen LogP contribution < -0.4 is 5.32 Å². The van der Waals surface area contributed by atoms with Crippen molar-refractivity contribution in [2.45, 2.75) is 40.0 Å². The molecule has 3 unspecified atom stereocenters. The van der Waals surface area contributed by atoms with Gasteiger partial charge in [0.25, 0.3) is 0 Å². The molecule has 0 aromatic carbocycles. The van der Waals surface area contributed by atoms with Gasteiger partial charge in [0.1, 0.15) is 0 Å². The van der Waals surface area contributed by atoms with E-state index in [4.69, 9.17) is 0 Å². The first-order chi connectivity index (χ1) is 8.51. The molecule has 2 amide bonds. The van der Waals surface area contributed by atoms with E-state index in [9.17, 15) is 9.59 Å². The Hall–Kier alpha value is -0.900. The summed E-state index contributed by atoms with van der Waals surface area (Å²) < 4.78 is 0. The van der Waals surface area contributed by atoms with Crippen molar-refractivity contribution in [3.05, 3.63) is 0 Å². The quantitative estimate of drug-likeness (QED) is 0.773. The highest BCUT2D eigenvalue weighted by Gasteiger charge is 2.45. The summed E-state index contributed by atoms with van der Waals surface area (Å²) in [5, 5.41) is 3.40. The van der Waals surface area contributed by atoms with Crippen molar-refractivity contribution in [1.29, 1.82) is 0 Å². The smallest absolute Gasteiger partial charge is 0.232 e. The molecule has 1 N–H and O–H groups in total.